The van der Waals surface area contributed by atoms with Gasteiger partial charge in [-0.1, -0.05) is 113 Å². The van der Waals surface area contributed by atoms with Crippen molar-refractivity contribution in [2.24, 2.45) is 0 Å². The van der Waals surface area contributed by atoms with Crippen LogP contribution in [0.2, 0.25) is 33.2 Å². The molecule has 8 heteroatoms. The molecule has 0 atom stereocenters. The van der Waals surface area contributed by atoms with E-state index in [1.54, 1.807) is 0 Å². The predicted molar refractivity (Wildman–Crippen MR) is 231 cm³/mol. The second-order valence-electron chi connectivity index (χ2n) is 16.8. The molecule has 52 heavy (non-hydrogen) atoms. The molecule has 1 fully saturated rings. The number of likely N-dealkylation sites (N-methyl/N-ethyl adjacent to an activating group) is 1. The number of rotatable bonds is 11. The molecule has 1 amide bonds. The first-order valence-electron chi connectivity index (χ1n) is 19.5. The van der Waals surface area contributed by atoms with Crippen molar-refractivity contribution in [1.29, 1.82) is 0 Å². The molecule has 3 aromatic rings. The maximum absolute atomic E-state index is 13.2. The van der Waals surface area contributed by atoms with Gasteiger partial charge in [-0.05, 0) is 70.1 Å². The summed E-state index contributed by atoms with van der Waals surface area (Å²) in [6.07, 6.45) is 0. The molecule has 0 bridgehead atoms. The van der Waals surface area contributed by atoms with Crippen molar-refractivity contribution in [3.63, 3.8) is 0 Å². The topological polar surface area (TPSA) is 48.5 Å². The van der Waals surface area contributed by atoms with Crippen LogP contribution in [0.1, 0.15) is 110 Å². The molecule has 2 aromatic carbocycles. The molecule has 0 radical (unpaired) electrons. The highest BCUT2D eigenvalue weighted by atomic mass is 32.1. The number of aromatic nitrogens is 1. The van der Waals surface area contributed by atoms with Gasteiger partial charge in [0.2, 0.25) is 0 Å². The Hall–Kier alpha value is -2.99. The van der Waals surface area contributed by atoms with E-state index in [2.05, 4.69) is 159 Å². The van der Waals surface area contributed by atoms with Gasteiger partial charge >= 0.3 is 0 Å². The summed E-state index contributed by atoms with van der Waals surface area (Å²) in [6.45, 7) is 33.6. The van der Waals surface area contributed by atoms with Crippen LogP contribution < -0.4 is 5.32 Å². The summed E-state index contributed by atoms with van der Waals surface area (Å²) in [7, 11) is -1.74. The van der Waals surface area contributed by atoms with Gasteiger partial charge in [0.15, 0.2) is 5.13 Å². The molecular formula is C44H64N4OSSi2. The van der Waals surface area contributed by atoms with Crippen molar-refractivity contribution in [2.75, 3.05) is 38.5 Å². The molecule has 0 aliphatic carbocycles. The maximum Gasteiger partial charge on any atom is 0.257 e. The summed E-state index contributed by atoms with van der Waals surface area (Å²) < 4.78 is 0. The number of anilines is 1. The quantitative estimate of drug-likeness (QED) is 0.157. The number of carbonyl (C=O) groups excluding carboxylic acids is 1. The van der Waals surface area contributed by atoms with E-state index in [1.165, 1.54) is 16.9 Å². The third kappa shape index (κ3) is 9.38. The number of hydrogen-bond donors (Lipinski definition) is 1. The zero-order valence-corrected chi connectivity index (χ0v) is 37.1. The summed E-state index contributed by atoms with van der Waals surface area (Å²) in [5, 5.41) is 5.66. The van der Waals surface area contributed by atoms with Crippen LogP contribution in [0.5, 0.6) is 0 Å². The summed E-state index contributed by atoms with van der Waals surface area (Å²) >= 11 is 1.45. The van der Waals surface area contributed by atoms with Crippen LogP contribution in [0.4, 0.5) is 5.13 Å². The normalized spacial score (nSPS) is 14.7. The van der Waals surface area contributed by atoms with Crippen molar-refractivity contribution in [2.45, 2.75) is 123 Å². The van der Waals surface area contributed by atoms with E-state index in [-0.39, 0.29) is 5.91 Å². The van der Waals surface area contributed by atoms with E-state index in [0.717, 1.165) is 55.1 Å². The van der Waals surface area contributed by atoms with Crippen molar-refractivity contribution in [1.82, 2.24) is 14.8 Å². The number of thiazole rings is 1. The van der Waals surface area contributed by atoms with Crippen molar-refractivity contribution < 1.29 is 4.79 Å². The van der Waals surface area contributed by atoms with E-state index in [9.17, 15) is 4.79 Å². The highest BCUT2D eigenvalue weighted by Crippen LogP contribution is 2.42. The van der Waals surface area contributed by atoms with Crippen LogP contribution in [0.15, 0.2) is 47.8 Å². The first-order valence-corrected chi connectivity index (χ1v) is 24.8. The molecule has 0 unspecified atom stereocenters. The summed E-state index contributed by atoms with van der Waals surface area (Å²) in [6, 6.07) is 14.4. The van der Waals surface area contributed by atoms with Gasteiger partial charge in [-0.3, -0.25) is 15.0 Å². The predicted octanol–water partition coefficient (Wildman–Crippen LogP) is 10.9. The van der Waals surface area contributed by atoms with E-state index in [0.29, 0.717) is 43.9 Å². The third-order valence-electron chi connectivity index (χ3n) is 11.8. The fourth-order valence-electron chi connectivity index (χ4n) is 8.79. The summed E-state index contributed by atoms with van der Waals surface area (Å²) in [5.41, 5.74) is 16.9. The van der Waals surface area contributed by atoms with Gasteiger partial charge in [-0.15, -0.1) is 22.4 Å². The summed E-state index contributed by atoms with van der Waals surface area (Å²) in [4.78, 5) is 23.0. The Bertz CT molecular complexity index is 1730. The van der Waals surface area contributed by atoms with Gasteiger partial charge in [0.1, 0.15) is 16.1 Å². The minimum Gasteiger partial charge on any atom is -0.304 e. The maximum atomic E-state index is 13.2. The lowest BCUT2D eigenvalue weighted by Crippen LogP contribution is -2.43. The highest BCUT2D eigenvalue weighted by molar-refractivity contribution is 7.14. The molecule has 4 rings (SSSR count). The van der Waals surface area contributed by atoms with Gasteiger partial charge in [-0.25, -0.2) is 4.98 Å². The fraction of sp³-hybridized carbons (Fsp3) is 0.545. The number of carbonyl (C=O) groups is 1. The van der Waals surface area contributed by atoms with Crippen LogP contribution in [0.3, 0.4) is 0 Å². The number of benzene rings is 2. The molecule has 0 spiro atoms. The second kappa shape index (κ2) is 17.9. The molecular weight excluding hydrogens is 689 g/mol. The van der Waals surface area contributed by atoms with Crippen LogP contribution in [-0.2, 0) is 6.54 Å². The number of amides is 1. The molecule has 0 saturated carbocycles. The van der Waals surface area contributed by atoms with Crippen LogP contribution in [0, 0.1) is 22.9 Å². The number of hydrogen-bond acceptors (Lipinski definition) is 5. The Morgan fingerprint density at radius 1 is 0.731 bits per heavy atom. The lowest BCUT2D eigenvalue weighted by Gasteiger charge is -2.38. The molecule has 2 heterocycles. The van der Waals surface area contributed by atoms with Crippen LogP contribution >= 0.6 is 11.3 Å². The lowest BCUT2D eigenvalue weighted by molar-refractivity contribution is 0.102. The van der Waals surface area contributed by atoms with Crippen LogP contribution in [-0.4, -0.2) is 70.1 Å². The molecule has 280 valence electrons. The monoisotopic (exact) mass is 752 g/mol. The van der Waals surface area contributed by atoms with Gasteiger partial charge in [0, 0.05) is 60.4 Å². The fourth-order valence-corrected chi connectivity index (χ4v) is 19.9. The molecule has 1 aliphatic heterocycles. The first kappa shape index (κ1) is 41.8. The third-order valence-corrected chi connectivity index (χ3v) is 25.2. The molecule has 1 N–H and O–H groups in total. The summed E-state index contributed by atoms with van der Waals surface area (Å²) in [5.74, 6) is 7.33. The second-order valence-corrected chi connectivity index (χ2v) is 28.8. The average Bonchev–Trinajstić information content (AvgIpc) is 3.54. The van der Waals surface area contributed by atoms with Crippen molar-refractivity contribution in [3.05, 3.63) is 70.1 Å². The van der Waals surface area contributed by atoms with Gasteiger partial charge < -0.3 is 4.90 Å². The standard InChI is InChI=1S/C44H64N4OSSi2/c1-31(2)51(32(3)4,33(5)6)26-20-38-18-19-41(28-40(38)21-27-52(34(7)8,35(9)10)36(11)12)42-30-50-44(45-42)46-43(49)39-16-14-37(15-17-39)29-48-24-22-47(13)23-25-48/h14-19,28,30-36H,22-25,29H2,1-13H3,(H,45,46,49). The lowest BCUT2D eigenvalue weighted by atomic mass is 10.0. The van der Waals surface area contributed by atoms with Crippen molar-refractivity contribution in [3.8, 4) is 34.2 Å². The minimum absolute atomic E-state index is 0.144. The Morgan fingerprint density at radius 3 is 1.73 bits per heavy atom. The van der Waals surface area contributed by atoms with E-state index in [4.69, 9.17) is 4.98 Å². The Balaban J connectivity index is 1.65. The Labute approximate surface area is 322 Å². The molecule has 1 aliphatic rings. The van der Waals surface area contributed by atoms with Gasteiger partial charge in [0.05, 0.1) is 5.69 Å². The highest BCUT2D eigenvalue weighted by Gasteiger charge is 2.42. The first-order chi connectivity index (χ1) is 24.5. The van der Waals surface area contributed by atoms with Crippen molar-refractivity contribution >= 4 is 38.5 Å². The zero-order valence-electron chi connectivity index (χ0n) is 34.3. The number of nitrogens with one attached hydrogen (secondary N) is 1. The van der Waals surface area contributed by atoms with Crippen LogP contribution in [0.25, 0.3) is 11.3 Å². The zero-order chi connectivity index (χ0) is 38.4. The molecule has 5 nitrogen and oxygen atoms in total. The van der Waals surface area contributed by atoms with E-state index >= 15 is 0 Å². The van der Waals surface area contributed by atoms with E-state index in [1.807, 2.05) is 17.5 Å². The average molecular weight is 753 g/mol. The SMILES string of the molecule is CC(C)[Si](C#Cc1ccc(-c2csc(NC(=O)c3ccc(CN4CCN(C)CC4)cc3)n2)cc1C#C[Si](C(C)C)(C(C)C)C(C)C)(C(C)C)C(C)C. The minimum atomic E-state index is -1.97. The Kier molecular flexibility index (Phi) is 14.4. The molecule has 1 saturated heterocycles. The number of nitrogens with zero attached hydrogens (tertiary/aromatic N) is 3. The smallest absolute Gasteiger partial charge is 0.257 e. The van der Waals surface area contributed by atoms with E-state index < -0.39 is 16.1 Å². The molecule has 1 aromatic heterocycles. The van der Waals surface area contributed by atoms with Gasteiger partial charge in [-0.2, -0.15) is 0 Å². The van der Waals surface area contributed by atoms with Gasteiger partial charge in [0.25, 0.3) is 5.91 Å². The largest absolute Gasteiger partial charge is 0.304 e. The number of piperazine rings is 1. The Morgan fingerprint density at radius 2 is 1.23 bits per heavy atom.